The molecule has 3 nitrogen and oxygen atoms in total. The van der Waals surface area contributed by atoms with Crippen molar-refractivity contribution in [2.45, 2.75) is 65.7 Å². The molecule has 3 heteroatoms. The third kappa shape index (κ3) is 9.03. The number of anilines is 6. The zero-order chi connectivity index (χ0) is 51.4. The molecule has 0 saturated carbocycles. The van der Waals surface area contributed by atoms with Gasteiger partial charge in [0.05, 0.1) is 17.1 Å². The molecule has 0 spiro atoms. The van der Waals surface area contributed by atoms with Gasteiger partial charge < -0.3 is 14.2 Å². The molecule has 0 aliphatic rings. The zero-order valence-corrected chi connectivity index (χ0v) is 44.0. The van der Waals surface area contributed by atoms with E-state index < -0.39 is 0 Å². The van der Waals surface area contributed by atoms with Crippen molar-refractivity contribution in [1.82, 2.24) is 0 Å². The molecule has 0 radical (unpaired) electrons. The lowest BCUT2D eigenvalue weighted by atomic mass is 9.87. The maximum atomic E-state index is 6.91. The second-order valence-electron chi connectivity index (χ2n) is 21.8. The lowest BCUT2D eigenvalue weighted by Gasteiger charge is -2.30. The number of rotatable bonds is 11. The van der Waals surface area contributed by atoms with E-state index in [0.717, 1.165) is 83.2 Å². The molecule has 12 aromatic rings. The van der Waals surface area contributed by atoms with Gasteiger partial charge in [0.25, 0.3) is 0 Å². The molecule has 12 rings (SSSR count). The smallest absolute Gasteiger partial charge is 0.136 e. The van der Waals surface area contributed by atoms with Crippen molar-refractivity contribution in [2.75, 3.05) is 9.80 Å². The van der Waals surface area contributed by atoms with E-state index in [1.807, 2.05) is 0 Å². The van der Waals surface area contributed by atoms with E-state index in [4.69, 9.17) is 4.42 Å². The van der Waals surface area contributed by atoms with Crippen LogP contribution in [0.4, 0.5) is 34.1 Å². The van der Waals surface area contributed by atoms with Crippen molar-refractivity contribution in [3.05, 3.63) is 253 Å². The lowest BCUT2D eigenvalue weighted by Crippen LogP contribution is -2.13. The Kier molecular flexibility index (Phi) is 12.2. The first-order valence-electron chi connectivity index (χ1n) is 26.5. The number of benzene rings is 11. The van der Waals surface area contributed by atoms with Crippen LogP contribution in [0.3, 0.4) is 0 Å². The van der Waals surface area contributed by atoms with E-state index >= 15 is 0 Å². The Morgan fingerprint density at radius 3 is 1.16 bits per heavy atom. The van der Waals surface area contributed by atoms with Gasteiger partial charge >= 0.3 is 0 Å². The minimum atomic E-state index is 0.0382. The minimum absolute atomic E-state index is 0.0382. The van der Waals surface area contributed by atoms with Gasteiger partial charge in [0.15, 0.2) is 0 Å². The van der Waals surface area contributed by atoms with Crippen LogP contribution in [-0.2, 0) is 5.41 Å². The summed E-state index contributed by atoms with van der Waals surface area (Å²) in [6.07, 6.45) is 0. The highest BCUT2D eigenvalue weighted by Crippen LogP contribution is 2.47. The second kappa shape index (κ2) is 19.3. The molecule has 0 aliphatic heterocycles. The van der Waals surface area contributed by atoms with E-state index in [1.165, 1.54) is 44.5 Å². The topological polar surface area (TPSA) is 19.6 Å². The van der Waals surface area contributed by atoms with Crippen LogP contribution in [0.15, 0.2) is 241 Å². The summed E-state index contributed by atoms with van der Waals surface area (Å²) in [6, 6.07) is 87.1. The Morgan fingerprint density at radius 1 is 0.333 bits per heavy atom. The number of fused-ring (bicyclic) bond motifs is 5. The van der Waals surface area contributed by atoms with Gasteiger partial charge in [-0.25, -0.2) is 0 Å². The average Bonchev–Trinajstić information content (AvgIpc) is 3.78. The van der Waals surface area contributed by atoms with E-state index in [9.17, 15) is 0 Å². The fraction of sp³-hybridized carbons (Fsp3) is 0.139. The standard InChI is InChI=1S/C72H62N2O/c1-47(2)49-25-29-52(30-26-49)63-20-11-14-22-67(63)73(59-39-35-58(36-40-59)72(5,6)7)60-37-33-54-43-65-66-44-55-34-38-61(42-57(55)46-71(66)75-70(65)45-56(54)41-60)74(68-23-15-12-19-62(68)51-17-9-8-10-18-51)69-24-16-13-21-64(69)53-31-27-50(28-32-53)48(3)4/h8-48H,1-7H3. The van der Waals surface area contributed by atoms with E-state index in [0.29, 0.717) is 11.8 Å². The van der Waals surface area contributed by atoms with E-state index in [-0.39, 0.29) is 5.41 Å². The Balaban J connectivity index is 0.977. The fourth-order valence-corrected chi connectivity index (χ4v) is 10.9. The quantitative estimate of drug-likeness (QED) is 0.129. The first-order chi connectivity index (χ1) is 36.4. The van der Waals surface area contributed by atoms with Crippen molar-refractivity contribution >= 4 is 77.6 Å². The number of nitrogens with zero attached hydrogens (tertiary/aromatic N) is 2. The third-order valence-electron chi connectivity index (χ3n) is 15.2. The molecule has 0 saturated heterocycles. The van der Waals surface area contributed by atoms with Crippen molar-refractivity contribution in [3.8, 4) is 33.4 Å². The Hall–Kier alpha value is -8.66. The molecule has 0 aliphatic carbocycles. The highest BCUT2D eigenvalue weighted by Gasteiger charge is 2.23. The maximum Gasteiger partial charge on any atom is 0.136 e. The first-order valence-corrected chi connectivity index (χ1v) is 26.5. The van der Waals surface area contributed by atoms with Gasteiger partial charge in [-0.1, -0.05) is 206 Å². The summed E-state index contributed by atoms with van der Waals surface area (Å²) in [7, 11) is 0. The third-order valence-corrected chi connectivity index (χ3v) is 15.2. The van der Waals surface area contributed by atoms with Crippen molar-refractivity contribution in [2.24, 2.45) is 0 Å². The molecule has 0 fully saturated rings. The molecule has 75 heavy (non-hydrogen) atoms. The van der Waals surface area contributed by atoms with Crippen LogP contribution in [-0.4, -0.2) is 0 Å². The molecule has 0 atom stereocenters. The molecule has 1 aromatic heterocycles. The van der Waals surface area contributed by atoms with Gasteiger partial charge in [0, 0.05) is 44.5 Å². The maximum absolute atomic E-state index is 6.91. The van der Waals surface area contributed by atoms with Gasteiger partial charge in [-0.3, -0.25) is 0 Å². The SMILES string of the molecule is CC(C)c1ccc(-c2ccccc2N(c2ccc(C(C)(C)C)cc2)c2ccc3cc4c(cc3c2)oc2cc3cc(N(c5ccccc5-c5ccccc5)c5ccccc5-c5ccc(C(C)C)cc5)ccc3cc24)cc1. The zero-order valence-electron chi connectivity index (χ0n) is 44.0. The van der Waals surface area contributed by atoms with Crippen molar-refractivity contribution in [1.29, 1.82) is 0 Å². The molecular weight excluding hydrogens is 909 g/mol. The van der Waals surface area contributed by atoms with Crippen molar-refractivity contribution in [3.63, 3.8) is 0 Å². The van der Waals surface area contributed by atoms with Gasteiger partial charge in [-0.2, -0.15) is 0 Å². The van der Waals surface area contributed by atoms with Crippen LogP contribution in [0.1, 0.15) is 77.0 Å². The largest absolute Gasteiger partial charge is 0.456 e. The summed E-state index contributed by atoms with van der Waals surface area (Å²) >= 11 is 0. The molecule has 0 bridgehead atoms. The van der Waals surface area contributed by atoms with Crippen molar-refractivity contribution < 1.29 is 4.42 Å². The Morgan fingerprint density at radius 2 is 0.720 bits per heavy atom. The van der Waals surface area contributed by atoms with Crippen LogP contribution in [0.2, 0.25) is 0 Å². The van der Waals surface area contributed by atoms with Gasteiger partial charge in [0.1, 0.15) is 11.2 Å². The molecule has 1 heterocycles. The normalized spacial score (nSPS) is 11.9. The van der Waals surface area contributed by atoms with Crippen LogP contribution in [0.25, 0.3) is 76.9 Å². The monoisotopic (exact) mass is 970 g/mol. The minimum Gasteiger partial charge on any atom is -0.456 e. The second-order valence-corrected chi connectivity index (χ2v) is 21.8. The molecule has 0 amide bonds. The Bertz CT molecular complexity index is 4030. The van der Waals surface area contributed by atoms with Crippen LogP contribution in [0, 0.1) is 0 Å². The van der Waals surface area contributed by atoms with Gasteiger partial charge in [-0.15, -0.1) is 0 Å². The summed E-state index contributed by atoms with van der Waals surface area (Å²) in [5.74, 6) is 0.922. The van der Waals surface area contributed by atoms with E-state index in [1.54, 1.807) is 0 Å². The number of furan rings is 1. The van der Waals surface area contributed by atoms with Gasteiger partial charge in [-0.05, 0) is 151 Å². The summed E-state index contributed by atoms with van der Waals surface area (Å²) in [5, 5.41) is 6.76. The Labute approximate surface area is 442 Å². The number of hydrogen-bond acceptors (Lipinski definition) is 3. The first kappa shape index (κ1) is 47.4. The summed E-state index contributed by atoms with van der Waals surface area (Å²) in [6.45, 7) is 15.8. The predicted molar refractivity (Wildman–Crippen MR) is 321 cm³/mol. The van der Waals surface area contributed by atoms with Gasteiger partial charge in [0.2, 0.25) is 0 Å². The lowest BCUT2D eigenvalue weighted by molar-refractivity contribution is 0.590. The molecular formula is C72H62N2O. The highest BCUT2D eigenvalue weighted by atomic mass is 16.3. The number of hydrogen-bond donors (Lipinski definition) is 0. The van der Waals surface area contributed by atoms with Crippen LogP contribution < -0.4 is 9.80 Å². The summed E-state index contributed by atoms with van der Waals surface area (Å²) < 4.78 is 6.91. The average molecular weight is 971 g/mol. The summed E-state index contributed by atoms with van der Waals surface area (Å²) in [4.78, 5) is 4.84. The summed E-state index contributed by atoms with van der Waals surface area (Å²) in [5.41, 5.74) is 19.4. The fourth-order valence-electron chi connectivity index (χ4n) is 10.9. The van der Waals surface area contributed by atoms with Crippen LogP contribution >= 0.6 is 0 Å². The van der Waals surface area contributed by atoms with E-state index in [2.05, 4.69) is 295 Å². The number of para-hydroxylation sites is 3. The van der Waals surface area contributed by atoms with Crippen LogP contribution in [0.5, 0.6) is 0 Å². The molecule has 0 unspecified atom stereocenters. The highest BCUT2D eigenvalue weighted by molar-refractivity contribution is 6.14. The molecule has 11 aromatic carbocycles. The molecule has 366 valence electrons. The predicted octanol–water partition coefficient (Wildman–Crippen LogP) is 21.4. The molecule has 0 N–H and O–H groups in total.